The van der Waals surface area contributed by atoms with Gasteiger partial charge in [-0.2, -0.15) is 5.10 Å². The summed E-state index contributed by atoms with van der Waals surface area (Å²) in [4.78, 5) is 12.5. The lowest BCUT2D eigenvalue weighted by Gasteiger charge is -2.08. The number of phenolic OH excluding ortho intramolecular Hbond substituents is 1. The number of carbonyl (C=O) groups is 1. The summed E-state index contributed by atoms with van der Waals surface area (Å²) < 4.78 is 0. The van der Waals surface area contributed by atoms with Crippen molar-refractivity contribution in [2.75, 3.05) is 0 Å². The average Bonchev–Trinajstić information content (AvgIpc) is 2.70. The summed E-state index contributed by atoms with van der Waals surface area (Å²) in [5.74, 6) is -0.512. The van der Waals surface area contributed by atoms with Gasteiger partial charge in [-0.1, -0.05) is 66.7 Å². The predicted octanol–water partition coefficient (Wildman–Crippen LogP) is 4.85. The van der Waals surface area contributed by atoms with Gasteiger partial charge in [0.2, 0.25) is 0 Å². The third kappa shape index (κ3) is 3.25. The third-order valence-electron chi connectivity index (χ3n) is 4.61. The molecule has 4 heteroatoms. The molecule has 0 aliphatic heterocycles. The number of benzene rings is 4. The normalized spacial score (nSPS) is 11.7. The van der Waals surface area contributed by atoms with E-state index >= 15 is 0 Å². The fourth-order valence-corrected chi connectivity index (χ4v) is 3.21. The molecule has 0 aliphatic carbocycles. The quantitative estimate of drug-likeness (QED) is 0.408. The zero-order valence-corrected chi connectivity index (χ0v) is 14.8. The molecule has 1 amide bonds. The molecule has 0 unspecified atom stereocenters. The Morgan fingerprint density at radius 2 is 1.44 bits per heavy atom. The number of fused-ring (bicyclic) bond motifs is 2. The molecule has 0 atom stereocenters. The van der Waals surface area contributed by atoms with Crippen molar-refractivity contribution in [1.82, 2.24) is 5.43 Å². The second kappa shape index (κ2) is 6.92. The zero-order chi connectivity index (χ0) is 18.8. The molecular formula is C23H18N2O2. The van der Waals surface area contributed by atoms with Gasteiger partial charge in [0.1, 0.15) is 5.75 Å². The van der Waals surface area contributed by atoms with Gasteiger partial charge in [-0.15, -0.1) is 0 Å². The number of nitrogens with one attached hydrogen (secondary N) is 1. The second-order valence-corrected chi connectivity index (χ2v) is 6.38. The third-order valence-corrected chi connectivity index (χ3v) is 4.61. The lowest BCUT2D eigenvalue weighted by atomic mass is 10.0. The van der Waals surface area contributed by atoms with E-state index in [-0.39, 0.29) is 11.3 Å². The van der Waals surface area contributed by atoms with Gasteiger partial charge < -0.3 is 5.11 Å². The standard InChI is InChI=1S/C23H18N2O2/c1-15(19-12-6-10-16-7-4-5-11-20(16)19)24-25-23(27)21-13-17-8-2-3-9-18(17)14-22(21)26/h2-14,26H,1H3,(H,25,27). The number of rotatable bonds is 3. The van der Waals surface area contributed by atoms with E-state index < -0.39 is 5.91 Å². The van der Waals surface area contributed by atoms with E-state index in [2.05, 4.69) is 10.5 Å². The number of hydrogen-bond donors (Lipinski definition) is 2. The Kier molecular flexibility index (Phi) is 4.30. The van der Waals surface area contributed by atoms with E-state index in [1.165, 1.54) is 0 Å². The molecule has 0 fully saturated rings. The summed E-state index contributed by atoms with van der Waals surface area (Å²) in [5.41, 5.74) is 4.40. The van der Waals surface area contributed by atoms with Gasteiger partial charge in [-0.3, -0.25) is 4.79 Å². The van der Waals surface area contributed by atoms with Crippen LogP contribution in [-0.2, 0) is 0 Å². The highest BCUT2D eigenvalue weighted by Crippen LogP contribution is 2.25. The summed E-state index contributed by atoms with van der Waals surface area (Å²) >= 11 is 0. The highest BCUT2D eigenvalue weighted by atomic mass is 16.3. The molecule has 0 radical (unpaired) electrons. The van der Waals surface area contributed by atoms with Crippen LogP contribution in [0.4, 0.5) is 0 Å². The van der Waals surface area contributed by atoms with Crippen molar-refractivity contribution < 1.29 is 9.90 Å². The molecule has 4 rings (SSSR count). The van der Waals surface area contributed by atoms with Crippen molar-refractivity contribution in [2.45, 2.75) is 6.92 Å². The maximum atomic E-state index is 12.5. The van der Waals surface area contributed by atoms with E-state index in [1.807, 2.05) is 73.7 Å². The van der Waals surface area contributed by atoms with E-state index in [1.54, 1.807) is 12.1 Å². The number of carbonyl (C=O) groups excluding carboxylic acids is 1. The van der Waals surface area contributed by atoms with Gasteiger partial charge in [-0.05, 0) is 40.6 Å². The zero-order valence-electron chi connectivity index (χ0n) is 14.8. The van der Waals surface area contributed by atoms with Gasteiger partial charge in [-0.25, -0.2) is 5.43 Å². The van der Waals surface area contributed by atoms with Crippen LogP contribution in [0, 0.1) is 0 Å². The van der Waals surface area contributed by atoms with Crippen molar-refractivity contribution in [1.29, 1.82) is 0 Å². The van der Waals surface area contributed by atoms with Gasteiger partial charge in [0.05, 0.1) is 11.3 Å². The minimum absolute atomic E-state index is 0.0655. The highest BCUT2D eigenvalue weighted by molar-refractivity contribution is 6.10. The Labute approximate surface area is 156 Å². The monoisotopic (exact) mass is 354 g/mol. The van der Waals surface area contributed by atoms with Crippen LogP contribution < -0.4 is 5.43 Å². The van der Waals surface area contributed by atoms with Crippen molar-refractivity contribution in [3.8, 4) is 5.75 Å². The summed E-state index contributed by atoms with van der Waals surface area (Å²) in [5, 5.41) is 18.4. The average molecular weight is 354 g/mol. The van der Waals surface area contributed by atoms with Gasteiger partial charge in [0.15, 0.2) is 0 Å². The molecule has 0 bridgehead atoms. The molecule has 4 nitrogen and oxygen atoms in total. The topological polar surface area (TPSA) is 61.7 Å². The first-order chi connectivity index (χ1) is 13.1. The number of nitrogens with zero attached hydrogens (tertiary/aromatic N) is 1. The Bertz CT molecular complexity index is 1190. The Morgan fingerprint density at radius 3 is 2.22 bits per heavy atom. The molecule has 0 aliphatic rings. The molecule has 0 saturated carbocycles. The number of hydrazone groups is 1. The number of phenols is 1. The summed E-state index contributed by atoms with van der Waals surface area (Å²) in [6.45, 7) is 1.85. The largest absolute Gasteiger partial charge is 0.507 e. The lowest BCUT2D eigenvalue weighted by Crippen LogP contribution is -2.19. The van der Waals surface area contributed by atoms with Crippen LogP contribution in [0.25, 0.3) is 21.5 Å². The molecule has 132 valence electrons. The van der Waals surface area contributed by atoms with Crippen molar-refractivity contribution in [3.05, 3.63) is 90.0 Å². The number of hydrogen-bond acceptors (Lipinski definition) is 3. The first-order valence-electron chi connectivity index (χ1n) is 8.68. The predicted molar refractivity (Wildman–Crippen MR) is 109 cm³/mol. The van der Waals surface area contributed by atoms with Crippen LogP contribution in [0.2, 0.25) is 0 Å². The molecule has 0 saturated heterocycles. The molecule has 4 aromatic rings. The minimum Gasteiger partial charge on any atom is -0.507 e. The summed E-state index contributed by atoms with van der Waals surface area (Å²) in [7, 11) is 0. The lowest BCUT2D eigenvalue weighted by molar-refractivity contribution is 0.0952. The van der Waals surface area contributed by atoms with Crippen LogP contribution in [0.3, 0.4) is 0 Å². The first kappa shape index (κ1) is 16.8. The van der Waals surface area contributed by atoms with Gasteiger partial charge >= 0.3 is 0 Å². The van der Waals surface area contributed by atoms with E-state index in [0.29, 0.717) is 5.71 Å². The van der Waals surface area contributed by atoms with E-state index in [9.17, 15) is 9.90 Å². The summed E-state index contributed by atoms with van der Waals surface area (Å²) in [6, 6.07) is 24.8. The SMILES string of the molecule is CC(=NNC(=O)c1cc2ccccc2cc1O)c1cccc2ccccc12. The van der Waals surface area contributed by atoms with E-state index in [0.717, 1.165) is 27.1 Å². The molecular weight excluding hydrogens is 336 g/mol. The first-order valence-corrected chi connectivity index (χ1v) is 8.68. The Balaban J connectivity index is 1.64. The Hall–Kier alpha value is -3.66. The van der Waals surface area contributed by atoms with Gasteiger partial charge in [0.25, 0.3) is 5.91 Å². The van der Waals surface area contributed by atoms with Crippen LogP contribution in [0.15, 0.2) is 84.0 Å². The van der Waals surface area contributed by atoms with Crippen LogP contribution in [-0.4, -0.2) is 16.7 Å². The van der Waals surface area contributed by atoms with Crippen LogP contribution in [0.5, 0.6) is 5.75 Å². The Morgan fingerprint density at radius 1 is 0.815 bits per heavy atom. The van der Waals surface area contributed by atoms with Crippen molar-refractivity contribution >= 4 is 33.2 Å². The van der Waals surface area contributed by atoms with Crippen molar-refractivity contribution in [3.63, 3.8) is 0 Å². The van der Waals surface area contributed by atoms with E-state index in [4.69, 9.17) is 0 Å². The molecule has 0 heterocycles. The molecule has 4 aromatic carbocycles. The highest BCUT2D eigenvalue weighted by Gasteiger charge is 2.12. The maximum Gasteiger partial charge on any atom is 0.275 e. The van der Waals surface area contributed by atoms with Crippen LogP contribution in [0.1, 0.15) is 22.8 Å². The number of aromatic hydroxyl groups is 1. The number of amides is 1. The van der Waals surface area contributed by atoms with Gasteiger partial charge in [0, 0.05) is 5.56 Å². The molecule has 27 heavy (non-hydrogen) atoms. The fraction of sp³-hybridized carbons (Fsp3) is 0.0435. The molecule has 0 aromatic heterocycles. The van der Waals surface area contributed by atoms with Crippen LogP contribution >= 0.6 is 0 Å². The molecule has 0 spiro atoms. The fourth-order valence-electron chi connectivity index (χ4n) is 3.21. The molecule has 2 N–H and O–H groups in total. The van der Waals surface area contributed by atoms with Crippen molar-refractivity contribution in [2.24, 2.45) is 5.10 Å². The maximum absolute atomic E-state index is 12.5. The second-order valence-electron chi connectivity index (χ2n) is 6.38. The smallest absolute Gasteiger partial charge is 0.275 e. The summed E-state index contributed by atoms with van der Waals surface area (Å²) in [6.07, 6.45) is 0. The minimum atomic E-state index is -0.446.